The van der Waals surface area contributed by atoms with E-state index in [2.05, 4.69) is 94.3 Å². The van der Waals surface area contributed by atoms with E-state index in [1.165, 1.54) is 15.9 Å². The van der Waals surface area contributed by atoms with Crippen LogP contribution < -0.4 is 15.8 Å². The molecule has 3 rings (SSSR count). The predicted molar refractivity (Wildman–Crippen MR) is 111 cm³/mol. The van der Waals surface area contributed by atoms with Crippen molar-refractivity contribution in [3.8, 4) is 0 Å². The standard InChI is InChI=1S/C22H23N3Si/c1-23-22(24-25(2)17-18-10-5-3-6-11-18)19-12-9-15-21(16-19)26-20-13-7-4-8-14-20/h3-16H,17H2,1-2H3,(H,23,24). The second-order valence-electron chi connectivity index (χ2n) is 6.10. The van der Waals surface area contributed by atoms with E-state index in [4.69, 9.17) is 0 Å². The van der Waals surface area contributed by atoms with Crippen molar-refractivity contribution in [2.45, 2.75) is 6.54 Å². The molecule has 0 aliphatic carbocycles. The third-order valence-electron chi connectivity index (χ3n) is 3.98. The number of hydrazine groups is 1. The Labute approximate surface area is 158 Å². The molecule has 3 nitrogen and oxygen atoms in total. The van der Waals surface area contributed by atoms with E-state index in [0.717, 1.165) is 17.9 Å². The van der Waals surface area contributed by atoms with Gasteiger partial charge in [0, 0.05) is 26.2 Å². The first-order valence-electron chi connectivity index (χ1n) is 8.65. The summed E-state index contributed by atoms with van der Waals surface area (Å²) in [5, 5.41) is 4.71. The first kappa shape index (κ1) is 18.1. The molecule has 0 spiro atoms. The van der Waals surface area contributed by atoms with Gasteiger partial charge in [-0.3, -0.25) is 4.99 Å². The molecule has 0 aromatic heterocycles. The molecule has 0 bridgehead atoms. The van der Waals surface area contributed by atoms with Gasteiger partial charge in [-0.25, -0.2) is 5.01 Å². The highest BCUT2D eigenvalue weighted by Crippen LogP contribution is 2.03. The summed E-state index contributed by atoms with van der Waals surface area (Å²) in [6, 6.07) is 29.6. The molecular weight excluding hydrogens is 334 g/mol. The fourth-order valence-electron chi connectivity index (χ4n) is 2.75. The van der Waals surface area contributed by atoms with Crippen LogP contribution >= 0.6 is 0 Å². The summed E-state index contributed by atoms with van der Waals surface area (Å²) in [5.74, 6) is 0.878. The van der Waals surface area contributed by atoms with Crippen molar-refractivity contribution in [2.24, 2.45) is 4.99 Å². The molecule has 0 amide bonds. The fourth-order valence-corrected chi connectivity index (χ4v) is 3.85. The number of hydrogen-bond acceptors (Lipinski definition) is 2. The Morgan fingerprint density at radius 3 is 2.23 bits per heavy atom. The van der Waals surface area contributed by atoms with Crippen LogP contribution in [0.3, 0.4) is 0 Å². The number of nitrogens with zero attached hydrogens (tertiary/aromatic N) is 2. The largest absolute Gasteiger partial charge is 0.303 e. The molecule has 3 aromatic carbocycles. The molecule has 4 heteroatoms. The van der Waals surface area contributed by atoms with Crippen LogP contribution in [0.4, 0.5) is 0 Å². The molecule has 0 saturated carbocycles. The topological polar surface area (TPSA) is 27.6 Å². The highest BCUT2D eigenvalue weighted by Gasteiger charge is 2.08. The highest BCUT2D eigenvalue weighted by molar-refractivity contribution is 6.67. The zero-order valence-electron chi connectivity index (χ0n) is 15.2. The number of nitrogens with one attached hydrogen (secondary N) is 1. The summed E-state index contributed by atoms with van der Waals surface area (Å²) in [6.45, 7) is 0.811. The van der Waals surface area contributed by atoms with E-state index in [0.29, 0.717) is 9.52 Å². The van der Waals surface area contributed by atoms with Crippen molar-refractivity contribution < 1.29 is 0 Å². The number of benzene rings is 3. The molecule has 0 aliphatic rings. The van der Waals surface area contributed by atoms with E-state index >= 15 is 0 Å². The molecule has 0 heterocycles. The molecule has 0 aliphatic heterocycles. The number of hydrogen-bond donors (Lipinski definition) is 1. The van der Waals surface area contributed by atoms with Crippen molar-refractivity contribution in [3.63, 3.8) is 0 Å². The van der Waals surface area contributed by atoms with Gasteiger partial charge in [-0.05, 0) is 5.56 Å². The monoisotopic (exact) mass is 357 g/mol. The van der Waals surface area contributed by atoms with Crippen molar-refractivity contribution >= 4 is 25.7 Å². The fraction of sp³-hybridized carbons (Fsp3) is 0.136. The number of aliphatic imine (C=N–C) groups is 1. The van der Waals surface area contributed by atoms with Crippen LogP contribution in [0, 0.1) is 0 Å². The summed E-state index contributed by atoms with van der Waals surface area (Å²) in [4.78, 5) is 4.46. The average molecular weight is 358 g/mol. The molecule has 1 N–H and O–H groups in total. The Kier molecular flexibility index (Phi) is 6.36. The smallest absolute Gasteiger partial charge is 0.142 e. The van der Waals surface area contributed by atoms with Crippen LogP contribution in [-0.4, -0.2) is 34.5 Å². The normalized spacial score (nSPS) is 11.6. The number of amidine groups is 1. The quantitative estimate of drug-likeness (QED) is 0.317. The van der Waals surface area contributed by atoms with Gasteiger partial charge >= 0.3 is 0 Å². The molecule has 130 valence electrons. The van der Waals surface area contributed by atoms with Gasteiger partial charge in [0.2, 0.25) is 0 Å². The molecule has 0 atom stereocenters. The molecule has 0 unspecified atom stereocenters. The summed E-state index contributed by atoms with van der Waals surface area (Å²) in [7, 11) is 4.50. The van der Waals surface area contributed by atoms with E-state index in [1.807, 2.05) is 20.2 Å². The van der Waals surface area contributed by atoms with Crippen LogP contribution in [0.15, 0.2) is 89.9 Å². The third-order valence-corrected chi connectivity index (χ3v) is 5.20. The highest BCUT2D eigenvalue weighted by atomic mass is 28.2. The van der Waals surface area contributed by atoms with Gasteiger partial charge in [-0.1, -0.05) is 95.3 Å². The number of rotatable bonds is 6. The van der Waals surface area contributed by atoms with Crippen LogP contribution in [-0.2, 0) is 6.54 Å². The first-order valence-corrected chi connectivity index (χ1v) is 9.65. The van der Waals surface area contributed by atoms with E-state index < -0.39 is 0 Å². The summed E-state index contributed by atoms with van der Waals surface area (Å²) < 4.78 is 0. The molecule has 0 saturated heterocycles. The van der Waals surface area contributed by atoms with Gasteiger partial charge < -0.3 is 5.43 Å². The van der Waals surface area contributed by atoms with Crippen LogP contribution in [0.5, 0.6) is 0 Å². The average Bonchev–Trinajstić information content (AvgIpc) is 2.68. The maximum atomic E-state index is 4.46. The zero-order valence-corrected chi connectivity index (χ0v) is 16.2. The lowest BCUT2D eigenvalue weighted by Gasteiger charge is -2.21. The SMILES string of the molecule is CN=C(NN(C)Cc1ccccc1)c1cccc([Si]c2ccccc2)c1. The lowest BCUT2D eigenvalue weighted by atomic mass is 10.2. The maximum Gasteiger partial charge on any atom is 0.142 e. The summed E-state index contributed by atoms with van der Waals surface area (Å²) in [6.07, 6.45) is 0. The predicted octanol–water partition coefficient (Wildman–Crippen LogP) is 2.35. The van der Waals surface area contributed by atoms with Gasteiger partial charge in [-0.15, -0.1) is 0 Å². The summed E-state index contributed by atoms with van der Waals surface area (Å²) in [5.41, 5.74) is 5.78. The second kappa shape index (κ2) is 9.13. The van der Waals surface area contributed by atoms with Crippen LogP contribution in [0.1, 0.15) is 11.1 Å². The van der Waals surface area contributed by atoms with Crippen molar-refractivity contribution in [1.82, 2.24) is 10.4 Å². The lowest BCUT2D eigenvalue weighted by Crippen LogP contribution is -2.39. The summed E-state index contributed by atoms with van der Waals surface area (Å²) >= 11 is 0. The Morgan fingerprint density at radius 2 is 1.54 bits per heavy atom. The second-order valence-corrected chi connectivity index (χ2v) is 7.50. The van der Waals surface area contributed by atoms with Gasteiger partial charge in [0.25, 0.3) is 0 Å². The Bertz CT molecular complexity index is 848. The lowest BCUT2D eigenvalue weighted by molar-refractivity contribution is 0.284. The third kappa shape index (κ3) is 5.15. The Morgan fingerprint density at radius 1 is 0.885 bits per heavy atom. The van der Waals surface area contributed by atoms with E-state index in [-0.39, 0.29) is 0 Å². The molecule has 0 fully saturated rings. The van der Waals surface area contributed by atoms with Crippen molar-refractivity contribution in [3.05, 3.63) is 96.1 Å². The minimum atomic E-state index is 0.645. The molecule has 2 radical (unpaired) electrons. The Hall–Kier alpha value is -2.69. The Balaban J connectivity index is 1.69. The van der Waals surface area contributed by atoms with E-state index in [9.17, 15) is 0 Å². The van der Waals surface area contributed by atoms with Gasteiger partial charge in [-0.2, -0.15) is 0 Å². The van der Waals surface area contributed by atoms with Gasteiger partial charge in [0.1, 0.15) is 15.4 Å². The molecule has 26 heavy (non-hydrogen) atoms. The molecular formula is C22H23N3Si. The van der Waals surface area contributed by atoms with Crippen molar-refractivity contribution in [2.75, 3.05) is 14.1 Å². The van der Waals surface area contributed by atoms with Gasteiger partial charge in [0.05, 0.1) is 0 Å². The minimum absolute atomic E-state index is 0.645. The van der Waals surface area contributed by atoms with Crippen LogP contribution in [0.25, 0.3) is 0 Å². The zero-order chi connectivity index (χ0) is 18.2. The first-order chi connectivity index (χ1) is 12.7. The minimum Gasteiger partial charge on any atom is -0.303 e. The van der Waals surface area contributed by atoms with E-state index in [1.54, 1.807) is 0 Å². The van der Waals surface area contributed by atoms with Crippen molar-refractivity contribution in [1.29, 1.82) is 0 Å². The molecule has 3 aromatic rings. The van der Waals surface area contributed by atoms with Gasteiger partial charge in [0.15, 0.2) is 0 Å². The maximum absolute atomic E-state index is 4.46. The van der Waals surface area contributed by atoms with Crippen LogP contribution in [0.2, 0.25) is 0 Å².